The van der Waals surface area contributed by atoms with Crippen LogP contribution in [-0.4, -0.2) is 0 Å². The van der Waals surface area contributed by atoms with Crippen molar-refractivity contribution in [3.63, 3.8) is 0 Å². The summed E-state index contributed by atoms with van der Waals surface area (Å²) in [6.07, 6.45) is 4.10. The average molecular weight is 151 g/mol. The molecule has 0 aromatic carbocycles. The molecule has 1 aromatic rings. The zero-order valence-electron chi connectivity index (χ0n) is 6.95. The molecule has 0 fully saturated rings. The van der Waals surface area contributed by atoms with Gasteiger partial charge in [0.2, 0.25) is 0 Å². The molecule has 0 bridgehead atoms. The molecular formula is C9H13NO. The molecule has 1 rings (SSSR count). The molecule has 0 unspecified atom stereocenters. The van der Waals surface area contributed by atoms with Crippen molar-refractivity contribution < 1.29 is 4.73 Å². The van der Waals surface area contributed by atoms with Crippen molar-refractivity contribution in [2.24, 2.45) is 5.92 Å². The van der Waals surface area contributed by atoms with Gasteiger partial charge in [0, 0.05) is 11.6 Å². The Balaban J connectivity index is 2.71. The molecule has 1 heterocycles. The summed E-state index contributed by atoms with van der Waals surface area (Å²) in [5.41, 5.74) is 1.11. The van der Waals surface area contributed by atoms with Crippen LogP contribution in [0.3, 0.4) is 0 Å². The largest absolute Gasteiger partial charge is 0.619 e. The maximum atomic E-state index is 10.8. The summed E-state index contributed by atoms with van der Waals surface area (Å²) >= 11 is 0. The van der Waals surface area contributed by atoms with E-state index in [2.05, 4.69) is 13.8 Å². The predicted octanol–water partition coefficient (Wildman–Crippen LogP) is 1.52. The molecule has 2 heteroatoms. The highest BCUT2D eigenvalue weighted by Gasteiger charge is 1.99. The summed E-state index contributed by atoms with van der Waals surface area (Å²) in [5.74, 6) is 0.609. The maximum absolute atomic E-state index is 10.8. The third-order valence-electron chi connectivity index (χ3n) is 1.48. The van der Waals surface area contributed by atoms with Gasteiger partial charge in [0.05, 0.1) is 0 Å². The van der Waals surface area contributed by atoms with E-state index in [9.17, 15) is 5.21 Å². The lowest BCUT2D eigenvalue weighted by Gasteiger charge is -2.03. The molecule has 0 saturated carbocycles. The van der Waals surface area contributed by atoms with Gasteiger partial charge in [0.15, 0.2) is 12.4 Å². The van der Waals surface area contributed by atoms with Gasteiger partial charge in [-0.3, -0.25) is 0 Å². The predicted molar refractivity (Wildman–Crippen MR) is 43.9 cm³/mol. The number of pyridine rings is 1. The number of aromatic nitrogens is 1. The Morgan fingerprint density at radius 1 is 1.55 bits per heavy atom. The first-order valence-corrected chi connectivity index (χ1v) is 3.86. The van der Waals surface area contributed by atoms with Gasteiger partial charge >= 0.3 is 0 Å². The summed E-state index contributed by atoms with van der Waals surface area (Å²) in [6.45, 7) is 4.28. The molecule has 0 spiro atoms. The van der Waals surface area contributed by atoms with Gasteiger partial charge in [0.25, 0.3) is 0 Å². The van der Waals surface area contributed by atoms with Gasteiger partial charge < -0.3 is 5.21 Å². The standard InChI is InChI=1S/C9H13NO/c1-8(2)6-9-4-3-5-10(11)7-9/h3-5,7-8H,6H2,1-2H3. The number of nitrogens with zero attached hydrogens (tertiary/aromatic N) is 1. The van der Waals surface area contributed by atoms with Crippen LogP contribution in [0.5, 0.6) is 0 Å². The van der Waals surface area contributed by atoms with E-state index in [1.165, 1.54) is 6.20 Å². The SMILES string of the molecule is CC(C)Cc1ccc[n+]([O-])c1. The summed E-state index contributed by atoms with van der Waals surface area (Å²) in [6, 6.07) is 3.76. The minimum absolute atomic E-state index is 0.609. The fourth-order valence-electron chi connectivity index (χ4n) is 1.09. The van der Waals surface area contributed by atoms with Crippen LogP contribution in [0.1, 0.15) is 19.4 Å². The van der Waals surface area contributed by atoms with Crippen molar-refractivity contribution in [3.05, 3.63) is 35.3 Å². The molecule has 60 valence electrons. The lowest BCUT2D eigenvalue weighted by Crippen LogP contribution is -2.24. The van der Waals surface area contributed by atoms with Gasteiger partial charge in [0.1, 0.15) is 0 Å². The van der Waals surface area contributed by atoms with Crippen molar-refractivity contribution in [2.45, 2.75) is 20.3 Å². The zero-order chi connectivity index (χ0) is 8.27. The van der Waals surface area contributed by atoms with E-state index < -0.39 is 0 Å². The van der Waals surface area contributed by atoms with E-state index in [1.54, 1.807) is 12.3 Å². The van der Waals surface area contributed by atoms with E-state index in [4.69, 9.17) is 0 Å². The highest BCUT2D eigenvalue weighted by molar-refractivity contribution is 5.05. The van der Waals surface area contributed by atoms with Crippen LogP contribution in [0.4, 0.5) is 0 Å². The maximum Gasteiger partial charge on any atom is 0.183 e. The van der Waals surface area contributed by atoms with Crippen molar-refractivity contribution >= 4 is 0 Å². The highest BCUT2D eigenvalue weighted by Crippen LogP contribution is 2.04. The van der Waals surface area contributed by atoms with Crippen molar-refractivity contribution in [2.75, 3.05) is 0 Å². The molecular weight excluding hydrogens is 138 g/mol. The topological polar surface area (TPSA) is 26.9 Å². The van der Waals surface area contributed by atoms with E-state index >= 15 is 0 Å². The zero-order valence-corrected chi connectivity index (χ0v) is 6.95. The van der Waals surface area contributed by atoms with Gasteiger partial charge in [-0.1, -0.05) is 13.8 Å². The summed E-state index contributed by atoms with van der Waals surface area (Å²) in [4.78, 5) is 0. The van der Waals surface area contributed by atoms with Crippen molar-refractivity contribution in [1.29, 1.82) is 0 Å². The first kappa shape index (κ1) is 8.05. The Morgan fingerprint density at radius 3 is 2.82 bits per heavy atom. The van der Waals surface area contributed by atoms with Crippen LogP contribution in [0, 0.1) is 11.1 Å². The van der Waals surface area contributed by atoms with Gasteiger partial charge in [-0.05, 0) is 18.4 Å². The van der Waals surface area contributed by atoms with Crippen LogP contribution in [0.25, 0.3) is 0 Å². The summed E-state index contributed by atoms with van der Waals surface area (Å²) in [7, 11) is 0. The Kier molecular flexibility index (Phi) is 2.47. The van der Waals surface area contributed by atoms with E-state index in [0.29, 0.717) is 5.92 Å². The Hall–Kier alpha value is -1.05. The minimum atomic E-state index is 0.609. The van der Waals surface area contributed by atoms with Crippen LogP contribution < -0.4 is 4.73 Å². The Labute approximate surface area is 67.1 Å². The molecule has 0 N–H and O–H groups in total. The van der Waals surface area contributed by atoms with Gasteiger partial charge in [-0.15, -0.1) is 0 Å². The molecule has 2 nitrogen and oxygen atoms in total. The van der Waals surface area contributed by atoms with E-state index in [1.807, 2.05) is 6.07 Å². The number of rotatable bonds is 2. The first-order chi connectivity index (χ1) is 5.18. The monoisotopic (exact) mass is 151 g/mol. The van der Waals surface area contributed by atoms with Crippen molar-refractivity contribution in [1.82, 2.24) is 0 Å². The first-order valence-electron chi connectivity index (χ1n) is 3.86. The van der Waals surface area contributed by atoms with Gasteiger partial charge in [-0.2, -0.15) is 4.73 Å². The second-order valence-electron chi connectivity index (χ2n) is 3.17. The van der Waals surface area contributed by atoms with Gasteiger partial charge in [-0.25, -0.2) is 0 Å². The summed E-state index contributed by atoms with van der Waals surface area (Å²) in [5, 5.41) is 10.8. The third kappa shape index (κ3) is 2.58. The molecule has 0 radical (unpaired) electrons. The molecule has 1 aromatic heterocycles. The third-order valence-corrected chi connectivity index (χ3v) is 1.48. The highest BCUT2D eigenvalue weighted by atomic mass is 16.5. The van der Waals surface area contributed by atoms with Crippen LogP contribution in [-0.2, 0) is 6.42 Å². The molecule has 11 heavy (non-hydrogen) atoms. The van der Waals surface area contributed by atoms with Crippen LogP contribution in [0.15, 0.2) is 24.5 Å². The normalized spacial score (nSPS) is 10.5. The molecule has 0 amide bonds. The molecule has 0 atom stereocenters. The minimum Gasteiger partial charge on any atom is -0.619 e. The van der Waals surface area contributed by atoms with E-state index in [0.717, 1.165) is 16.7 Å². The van der Waals surface area contributed by atoms with E-state index in [-0.39, 0.29) is 0 Å². The Bertz CT molecular complexity index is 233. The lowest BCUT2D eigenvalue weighted by atomic mass is 10.1. The quantitative estimate of drug-likeness (QED) is 0.465. The Morgan fingerprint density at radius 2 is 2.27 bits per heavy atom. The lowest BCUT2D eigenvalue weighted by molar-refractivity contribution is -0.605. The fourth-order valence-corrected chi connectivity index (χ4v) is 1.09. The molecule has 0 aliphatic rings. The molecule has 0 saturated heterocycles. The number of hydrogen-bond acceptors (Lipinski definition) is 1. The van der Waals surface area contributed by atoms with Crippen LogP contribution >= 0.6 is 0 Å². The molecule has 0 aliphatic carbocycles. The smallest absolute Gasteiger partial charge is 0.183 e. The second kappa shape index (κ2) is 3.37. The fraction of sp³-hybridized carbons (Fsp3) is 0.444. The second-order valence-corrected chi connectivity index (χ2v) is 3.17. The number of hydrogen-bond donors (Lipinski definition) is 0. The molecule has 0 aliphatic heterocycles. The average Bonchev–Trinajstić information content (AvgIpc) is 1.85. The van der Waals surface area contributed by atoms with Crippen molar-refractivity contribution in [3.8, 4) is 0 Å². The van der Waals surface area contributed by atoms with Crippen LogP contribution in [0.2, 0.25) is 0 Å². The summed E-state index contributed by atoms with van der Waals surface area (Å²) < 4.78 is 0.845.